The van der Waals surface area contributed by atoms with Crippen LogP contribution in [0.3, 0.4) is 0 Å². The number of ether oxygens (including phenoxy) is 2. The fourth-order valence-electron chi connectivity index (χ4n) is 1.66. The van der Waals surface area contributed by atoms with Crippen LogP contribution in [0.25, 0.3) is 0 Å². The van der Waals surface area contributed by atoms with E-state index in [4.69, 9.17) is 14.0 Å². The SMILES string of the molecule is CCc1cc(NC(=O)c2cc(OC)cc(OC)c2)on1. The van der Waals surface area contributed by atoms with Crippen LogP contribution < -0.4 is 14.8 Å². The molecule has 1 N–H and O–H groups in total. The highest BCUT2D eigenvalue weighted by Gasteiger charge is 2.12. The molecule has 0 unspecified atom stereocenters. The molecular formula is C14H16N2O4. The second-order valence-electron chi connectivity index (χ2n) is 4.09. The zero-order valence-corrected chi connectivity index (χ0v) is 11.6. The lowest BCUT2D eigenvalue weighted by molar-refractivity contribution is 0.102. The Morgan fingerprint density at radius 1 is 1.20 bits per heavy atom. The molecule has 0 aliphatic rings. The first-order valence-corrected chi connectivity index (χ1v) is 6.16. The minimum Gasteiger partial charge on any atom is -0.497 e. The molecule has 0 fully saturated rings. The average Bonchev–Trinajstić information content (AvgIpc) is 2.94. The monoisotopic (exact) mass is 276 g/mol. The van der Waals surface area contributed by atoms with Gasteiger partial charge in [0, 0.05) is 17.7 Å². The molecule has 2 rings (SSSR count). The van der Waals surface area contributed by atoms with Crippen molar-refractivity contribution < 1.29 is 18.8 Å². The predicted molar refractivity (Wildman–Crippen MR) is 73.4 cm³/mol. The summed E-state index contributed by atoms with van der Waals surface area (Å²) in [6, 6.07) is 6.62. The molecule has 0 radical (unpaired) electrons. The van der Waals surface area contributed by atoms with Crippen LogP contribution in [0, 0.1) is 0 Å². The number of nitrogens with one attached hydrogen (secondary N) is 1. The van der Waals surface area contributed by atoms with E-state index in [1.54, 1.807) is 24.3 Å². The number of aromatic nitrogens is 1. The Morgan fingerprint density at radius 3 is 2.35 bits per heavy atom. The van der Waals surface area contributed by atoms with Crippen molar-refractivity contribution in [1.82, 2.24) is 5.16 Å². The Balaban J connectivity index is 2.19. The van der Waals surface area contributed by atoms with Gasteiger partial charge in [0.25, 0.3) is 5.91 Å². The summed E-state index contributed by atoms with van der Waals surface area (Å²) in [5.41, 5.74) is 1.19. The topological polar surface area (TPSA) is 73.6 Å². The van der Waals surface area contributed by atoms with Crippen molar-refractivity contribution in [2.45, 2.75) is 13.3 Å². The number of hydrogen-bond donors (Lipinski definition) is 1. The molecule has 20 heavy (non-hydrogen) atoms. The molecule has 0 aliphatic carbocycles. The van der Waals surface area contributed by atoms with Crippen molar-refractivity contribution in [2.75, 3.05) is 19.5 Å². The van der Waals surface area contributed by atoms with E-state index < -0.39 is 0 Å². The zero-order valence-electron chi connectivity index (χ0n) is 11.6. The molecule has 2 aromatic rings. The third kappa shape index (κ3) is 3.09. The largest absolute Gasteiger partial charge is 0.497 e. The molecule has 1 amide bonds. The molecule has 1 aromatic heterocycles. The fraction of sp³-hybridized carbons (Fsp3) is 0.286. The number of methoxy groups -OCH3 is 2. The molecular weight excluding hydrogens is 260 g/mol. The van der Waals surface area contributed by atoms with Gasteiger partial charge in [-0.15, -0.1) is 0 Å². The van der Waals surface area contributed by atoms with Gasteiger partial charge in [0.15, 0.2) is 0 Å². The molecule has 0 atom stereocenters. The molecule has 0 aliphatic heterocycles. The molecule has 0 bridgehead atoms. The second kappa shape index (κ2) is 6.10. The average molecular weight is 276 g/mol. The van der Waals surface area contributed by atoms with Crippen molar-refractivity contribution in [3.63, 3.8) is 0 Å². The van der Waals surface area contributed by atoms with Crippen LogP contribution in [0.15, 0.2) is 28.8 Å². The first kappa shape index (κ1) is 13.9. The van der Waals surface area contributed by atoms with E-state index in [0.29, 0.717) is 22.9 Å². The van der Waals surface area contributed by atoms with Gasteiger partial charge >= 0.3 is 0 Å². The zero-order chi connectivity index (χ0) is 14.5. The number of carbonyl (C=O) groups is 1. The predicted octanol–water partition coefficient (Wildman–Crippen LogP) is 2.51. The second-order valence-corrected chi connectivity index (χ2v) is 4.09. The molecule has 0 saturated heterocycles. The van der Waals surface area contributed by atoms with E-state index in [1.807, 2.05) is 6.92 Å². The highest BCUT2D eigenvalue weighted by atomic mass is 16.5. The molecule has 6 heteroatoms. The minimum atomic E-state index is -0.319. The van der Waals surface area contributed by atoms with Crippen molar-refractivity contribution in [2.24, 2.45) is 0 Å². The lowest BCUT2D eigenvalue weighted by Crippen LogP contribution is -2.11. The fourth-order valence-corrected chi connectivity index (χ4v) is 1.66. The Hall–Kier alpha value is -2.50. The van der Waals surface area contributed by atoms with Gasteiger partial charge in [-0.3, -0.25) is 10.1 Å². The summed E-state index contributed by atoms with van der Waals surface area (Å²) < 4.78 is 15.3. The highest BCUT2D eigenvalue weighted by Crippen LogP contribution is 2.23. The van der Waals surface area contributed by atoms with E-state index >= 15 is 0 Å². The van der Waals surface area contributed by atoms with Gasteiger partial charge in [-0.2, -0.15) is 0 Å². The lowest BCUT2D eigenvalue weighted by atomic mass is 10.2. The minimum absolute atomic E-state index is 0.314. The first-order valence-electron chi connectivity index (χ1n) is 6.16. The van der Waals surface area contributed by atoms with E-state index in [9.17, 15) is 4.79 Å². The van der Waals surface area contributed by atoms with Gasteiger partial charge in [-0.05, 0) is 18.6 Å². The van der Waals surface area contributed by atoms with Gasteiger partial charge in [-0.1, -0.05) is 12.1 Å². The Kier molecular flexibility index (Phi) is 4.24. The van der Waals surface area contributed by atoms with Crippen LogP contribution in [0.1, 0.15) is 23.0 Å². The van der Waals surface area contributed by atoms with Crippen LogP contribution in [0.2, 0.25) is 0 Å². The summed E-state index contributed by atoms with van der Waals surface area (Å²) in [7, 11) is 3.06. The molecule has 1 aromatic carbocycles. The smallest absolute Gasteiger partial charge is 0.258 e. The Bertz CT molecular complexity index is 585. The van der Waals surface area contributed by atoms with E-state index in [0.717, 1.165) is 12.1 Å². The van der Waals surface area contributed by atoms with Gasteiger partial charge in [0.05, 0.1) is 19.9 Å². The van der Waals surface area contributed by atoms with Crippen molar-refractivity contribution in [3.8, 4) is 11.5 Å². The van der Waals surface area contributed by atoms with Crippen LogP contribution >= 0.6 is 0 Å². The Morgan fingerprint density at radius 2 is 1.85 bits per heavy atom. The molecule has 6 nitrogen and oxygen atoms in total. The van der Waals surface area contributed by atoms with Crippen LogP contribution in [-0.2, 0) is 6.42 Å². The van der Waals surface area contributed by atoms with Gasteiger partial charge in [0.1, 0.15) is 11.5 Å². The summed E-state index contributed by atoms with van der Waals surface area (Å²) in [5.74, 6) is 1.08. The maximum Gasteiger partial charge on any atom is 0.258 e. The number of anilines is 1. The van der Waals surface area contributed by atoms with Crippen molar-refractivity contribution in [3.05, 3.63) is 35.5 Å². The normalized spacial score (nSPS) is 10.2. The molecule has 0 spiro atoms. The van der Waals surface area contributed by atoms with Crippen molar-refractivity contribution in [1.29, 1.82) is 0 Å². The summed E-state index contributed by atoms with van der Waals surface area (Å²) in [4.78, 5) is 12.1. The van der Waals surface area contributed by atoms with Crippen molar-refractivity contribution >= 4 is 11.8 Å². The van der Waals surface area contributed by atoms with E-state index in [1.165, 1.54) is 14.2 Å². The van der Waals surface area contributed by atoms with E-state index in [-0.39, 0.29) is 5.91 Å². The number of nitrogens with zero attached hydrogens (tertiary/aromatic N) is 1. The number of aryl methyl sites for hydroxylation is 1. The number of rotatable bonds is 5. The number of carbonyl (C=O) groups excluding carboxylic acids is 1. The number of amides is 1. The van der Waals surface area contributed by atoms with Gasteiger partial charge < -0.3 is 14.0 Å². The summed E-state index contributed by atoms with van der Waals surface area (Å²) in [6.07, 6.45) is 0.742. The maximum atomic E-state index is 12.1. The van der Waals surface area contributed by atoms with Crippen LogP contribution in [-0.4, -0.2) is 25.3 Å². The molecule has 0 saturated carbocycles. The third-order valence-electron chi connectivity index (χ3n) is 2.77. The van der Waals surface area contributed by atoms with Gasteiger partial charge in [0.2, 0.25) is 5.88 Å². The number of benzene rings is 1. The summed E-state index contributed by atoms with van der Waals surface area (Å²) >= 11 is 0. The number of hydrogen-bond acceptors (Lipinski definition) is 5. The Labute approximate surface area is 116 Å². The van der Waals surface area contributed by atoms with E-state index in [2.05, 4.69) is 10.5 Å². The maximum absolute atomic E-state index is 12.1. The van der Waals surface area contributed by atoms with Crippen LogP contribution in [0.4, 0.5) is 5.88 Å². The van der Waals surface area contributed by atoms with Gasteiger partial charge in [-0.25, -0.2) is 0 Å². The molecule has 106 valence electrons. The third-order valence-corrected chi connectivity index (χ3v) is 2.77. The lowest BCUT2D eigenvalue weighted by Gasteiger charge is -2.07. The quantitative estimate of drug-likeness (QED) is 0.908. The first-order chi connectivity index (χ1) is 9.66. The summed E-state index contributed by atoms with van der Waals surface area (Å²) in [6.45, 7) is 1.95. The standard InChI is InChI=1S/C14H16N2O4/c1-4-10-7-13(20-16-10)15-14(17)9-5-11(18-2)8-12(6-9)19-3/h5-8H,4H2,1-3H3,(H,15,17). The van der Waals surface area contributed by atoms with Crippen LogP contribution in [0.5, 0.6) is 11.5 Å². The summed E-state index contributed by atoms with van der Waals surface area (Å²) in [5, 5.41) is 6.45. The molecule has 1 heterocycles. The highest BCUT2D eigenvalue weighted by molar-refractivity contribution is 6.04.